The molecular formula is C34H37Cl5N4O4S2. The van der Waals surface area contributed by atoms with E-state index in [1.807, 2.05) is 62.6 Å². The number of rotatable bonds is 6. The number of hydrogen-bond donors (Lipinski definition) is 2. The molecule has 2 aliphatic heterocycles. The molecule has 49 heavy (non-hydrogen) atoms. The average molecular weight is 807 g/mol. The van der Waals surface area contributed by atoms with Gasteiger partial charge in [0.05, 0.1) is 12.5 Å². The minimum absolute atomic E-state index is 0. The molecule has 0 spiro atoms. The predicted molar refractivity (Wildman–Crippen MR) is 206 cm³/mol. The molecule has 0 aromatic heterocycles. The molecule has 2 atom stereocenters. The van der Waals surface area contributed by atoms with Crippen LogP contribution < -0.4 is 9.44 Å². The number of halogens is 5. The summed E-state index contributed by atoms with van der Waals surface area (Å²) in [7, 11) is -2.54. The van der Waals surface area contributed by atoms with Crippen LogP contribution in [0.2, 0.25) is 20.1 Å². The highest BCUT2D eigenvalue weighted by Gasteiger charge is 2.28. The van der Waals surface area contributed by atoms with Gasteiger partial charge in [-0.3, -0.25) is 9.44 Å². The Kier molecular flexibility index (Phi) is 12.9. The Labute approximate surface area is 315 Å². The maximum Gasteiger partial charge on any atom is 0.229 e. The van der Waals surface area contributed by atoms with Crippen LogP contribution in [0.15, 0.2) is 72.8 Å². The summed E-state index contributed by atoms with van der Waals surface area (Å²) in [6.45, 7) is 3.16. The van der Waals surface area contributed by atoms with Crippen molar-refractivity contribution in [2.24, 2.45) is 0 Å². The second-order valence-electron chi connectivity index (χ2n) is 12.4. The van der Waals surface area contributed by atoms with Crippen molar-refractivity contribution in [2.45, 2.75) is 24.9 Å². The molecule has 2 N–H and O–H groups in total. The monoisotopic (exact) mass is 804 g/mol. The fourth-order valence-electron chi connectivity index (χ4n) is 6.33. The highest BCUT2D eigenvalue weighted by molar-refractivity contribution is 7.92. The highest BCUT2D eigenvalue weighted by Crippen LogP contribution is 2.40. The second kappa shape index (κ2) is 16.0. The van der Waals surface area contributed by atoms with Crippen molar-refractivity contribution < 1.29 is 16.8 Å². The molecule has 264 valence electrons. The zero-order valence-electron chi connectivity index (χ0n) is 27.2. The lowest BCUT2D eigenvalue weighted by Gasteiger charge is -2.33. The van der Waals surface area contributed by atoms with Crippen molar-refractivity contribution in [2.75, 3.05) is 49.1 Å². The largest absolute Gasteiger partial charge is 0.301 e. The minimum Gasteiger partial charge on any atom is -0.301 e. The number of hydrogen-bond acceptors (Lipinski definition) is 6. The SMILES string of the molecule is CN1Cc2c(Cl)cc(Cl)cc2[C@@H](c2cccc(NS(C)(=O)=O)c2)C1.CN1Cc2c(Cl)cc(Cl)cc2[C@H](c2cccc(NS(C)(=O)=O)c2)C1.Cl. The van der Waals surface area contributed by atoms with E-state index in [1.54, 1.807) is 24.3 Å². The molecule has 15 heteroatoms. The summed E-state index contributed by atoms with van der Waals surface area (Å²) >= 11 is 25.2. The third-order valence-electron chi connectivity index (χ3n) is 8.17. The van der Waals surface area contributed by atoms with Gasteiger partial charge in [-0.05, 0) is 96.0 Å². The second-order valence-corrected chi connectivity index (χ2v) is 17.6. The zero-order chi connectivity index (χ0) is 35.0. The van der Waals surface area contributed by atoms with E-state index < -0.39 is 20.0 Å². The summed E-state index contributed by atoms with van der Waals surface area (Å²) in [5.41, 5.74) is 7.49. The Hall–Kier alpha value is -2.25. The summed E-state index contributed by atoms with van der Waals surface area (Å²) in [6.07, 6.45) is 2.28. The normalized spacial score (nSPS) is 17.9. The first-order chi connectivity index (χ1) is 22.5. The summed E-state index contributed by atoms with van der Waals surface area (Å²) in [5.74, 6) is 0.160. The van der Waals surface area contributed by atoms with Gasteiger partial charge in [-0.2, -0.15) is 0 Å². The zero-order valence-corrected chi connectivity index (χ0v) is 32.6. The van der Waals surface area contributed by atoms with Gasteiger partial charge in [0.2, 0.25) is 20.0 Å². The van der Waals surface area contributed by atoms with Crippen LogP contribution in [0, 0.1) is 0 Å². The van der Waals surface area contributed by atoms with Gasteiger partial charge >= 0.3 is 0 Å². The Morgan fingerprint density at radius 3 is 1.33 bits per heavy atom. The Balaban J connectivity index is 0.000000216. The molecule has 4 aromatic carbocycles. The standard InChI is InChI=1S/2C17H18Cl2N2O2S.ClH/c2*1-21-9-15(14-7-12(18)8-17(19)16(14)10-21)11-4-3-5-13(6-11)20-24(2,22)23;/h2*3-8,15,20H,9-10H2,1-2H3;1H/t2*15-;/m10./s1. The van der Waals surface area contributed by atoms with Gasteiger partial charge < -0.3 is 9.80 Å². The number of nitrogens with zero attached hydrogens (tertiary/aromatic N) is 2. The molecular weight excluding hydrogens is 770 g/mol. The third-order valence-corrected chi connectivity index (χ3v) is 10.5. The molecule has 8 nitrogen and oxygen atoms in total. The van der Waals surface area contributed by atoms with Gasteiger partial charge in [-0.25, -0.2) is 16.8 Å². The first-order valence-electron chi connectivity index (χ1n) is 14.9. The Bertz CT molecular complexity index is 1920. The lowest BCUT2D eigenvalue weighted by molar-refractivity contribution is 0.295. The lowest BCUT2D eigenvalue weighted by atomic mass is 9.84. The van der Waals surface area contributed by atoms with Crippen molar-refractivity contribution >= 4 is 90.2 Å². The molecule has 4 aromatic rings. The van der Waals surface area contributed by atoms with Crippen LogP contribution in [0.25, 0.3) is 0 Å². The van der Waals surface area contributed by atoms with Gasteiger partial charge in [-0.1, -0.05) is 70.7 Å². The molecule has 0 aliphatic carbocycles. The molecule has 0 saturated heterocycles. The van der Waals surface area contributed by atoms with E-state index in [1.165, 1.54) is 0 Å². The summed E-state index contributed by atoms with van der Waals surface area (Å²) in [4.78, 5) is 4.40. The molecule has 0 radical (unpaired) electrons. The molecule has 0 saturated carbocycles. The number of nitrogens with one attached hydrogen (secondary N) is 2. The van der Waals surface area contributed by atoms with Crippen molar-refractivity contribution in [3.8, 4) is 0 Å². The van der Waals surface area contributed by atoms with E-state index >= 15 is 0 Å². The fraction of sp³-hybridized carbons (Fsp3) is 0.294. The quantitative estimate of drug-likeness (QED) is 0.204. The van der Waals surface area contributed by atoms with Gasteiger partial charge in [-0.15, -0.1) is 12.4 Å². The van der Waals surface area contributed by atoms with Crippen LogP contribution in [0.1, 0.15) is 45.2 Å². The van der Waals surface area contributed by atoms with E-state index in [-0.39, 0.29) is 24.2 Å². The van der Waals surface area contributed by atoms with E-state index in [2.05, 4.69) is 19.2 Å². The van der Waals surface area contributed by atoms with Gasteiger partial charge in [0, 0.05) is 69.5 Å². The summed E-state index contributed by atoms with van der Waals surface area (Å²) < 4.78 is 50.9. The number of likely N-dealkylation sites (N-methyl/N-ethyl adjacent to an activating group) is 2. The van der Waals surface area contributed by atoms with E-state index in [9.17, 15) is 16.8 Å². The van der Waals surface area contributed by atoms with Crippen molar-refractivity contribution in [3.05, 3.63) is 126 Å². The Morgan fingerprint density at radius 1 is 0.612 bits per heavy atom. The van der Waals surface area contributed by atoms with Crippen LogP contribution in [0.3, 0.4) is 0 Å². The topological polar surface area (TPSA) is 98.8 Å². The molecule has 6 rings (SSSR count). The van der Waals surface area contributed by atoms with Gasteiger partial charge in [0.15, 0.2) is 0 Å². The van der Waals surface area contributed by atoms with E-state index in [4.69, 9.17) is 46.4 Å². The molecule has 0 amide bonds. The summed E-state index contributed by atoms with van der Waals surface area (Å²) in [6, 6.07) is 22.3. The maximum atomic E-state index is 11.5. The molecule has 2 heterocycles. The predicted octanol–water partition coefficient (Wildman–Crippen LogP) is 8.31. The van der Waals surface area contributed by atoms with E-state index in [0.29, 0.717) is 31.5 Å². The van der Waals surface area contributed by atoms with Crippen molar-refractivity contribution in [1.29, 1.82) is 0 Å². The fourth-order valence-corrected chi connectivity index (χ4v) is 8.58. The highest BCUT2D eigenvalue weighted by atomic mass is 35.5. The first-order valence-corrected chi connectivity index (χ1v) is 20.2. The smallest absolute Gasteiger partial charge is 0.229 e. The minimum atomic E-state index is -3.31. The molecule has 0 unspecified atom stereocenters. The maximum absolute atomic E-state index is 11.5. The van der Waals surface area contributed by atoms with Crippen LogP contribution in [0.5, 0.6) is 0 Å². The van der Waals surface area contributed by atoms with Crippen LogP contribution in [-0.4, -0.2) is 66.3 Å². The molecule has 2 aliphatic rings. The van der Waals surface area contributed by atoms with Crippen LogP contribution in [0.4, 0.5) is 11.4 Å². The van der Waals surface area contributed by atoms with Crippen LogP contribution in [-0.2, 0) is 33.1 Å². The van der Waals surface area contributed by atoms with Gasteiger partial charge in [0.1, 0.15) is 0 Å². The Morgan fingerprint density at radius 2 is 0.980 bits per heavy atom. The molecule has 0 bridgehead atoms. The lowest BCUT2D eigenvalue weighted by Crippen LogP contribution is -2.31. The van der Waals surface area contributed by atoms with Crippen molar-refractivity contribution in [3.63, 3.8) is 0 Å². The van der Waals surface area contributed by atoms with Gasteiger partial charge in [0.25, 0.3) is 0 Å². The molecule has 0 fully saturated rings. The first kappa shape index (κ1) is 39.5. The van der Waals surface area contributed by atoms with Crippen LogP contribution >= 0.6 is 58.8 Å². The van der Waals surface area contributed by atoms with Crippen molar-refractivity contribution in [1.82, 2.24) is 9.80 Å². The third kappa shape index (κ3) is 10.4. The number of fused-ring (bicyclic) bond motifs is 2. The number of anilines is 2. The number of sulfonamides is 2. The summed E-state index contributed by atoms with van der Waals surface area (Å²) in [5, 5.41) is 2.55. The van der Waals surface area contributed by atoms with E-state index in [0.717, 1.165) is 72.1 Å². The number of benzene rings is 4. The average Bonchev–Trinajstić information content (AvgIpc) is 2.96.